The molecule has 0 saturated heterocycles. The number of rotatable bonds is 3. The van der Waals surface area contributed by atoms with E-state index < -0.39 is 0 Å². The summed E-state index contributed by atoms with van der Waals surface area (Å²) in [6.45, 7) is 0.630. The van der Waals surface area contributed by atoms with Gasteiger partial charge in [-0.25, -0.2) is 0 Å². The molecule has 6 heteroatoms. The van der Waals surface area contributed by atoms with Crippen LogP contribution in [0, 0.1) is 0 Å². The average Bonchev–Trinajstić information content (AvgIpc) is 2.84. The fraction of sp³-hybridized carbons (Fsp3) is 0.167. The van der Waals surface area contributed by atoms with Gasteiger partial charge in [0.05, 0.1) is 12.4 Å². The molecule has 18 heavy (non-hydrogen) atoms. The van der Waals surface area contributed by atoms with Gasteiger partial charge in [-0.1, -0.05) is 17.7 Å². The highest BCUT2D eigenvalue weighted by Crippen LogP contribution is 2.32. The molecule has 2 aromatic rings. The molecule has 0 aliphatic carbocycles. The highest BCUT2D eigenvalue weighted by molar-refractivity contribution is 6.29. The first-order chi connectivity index (χ1) is 8.81. The van der Waals surface area contributed by atoms with Gasteiger partial charge < -0.3 is 14.2 Å². The molecule has 0 spiro atoms. The number of hydrogen-bond acceptors (Lipinski definition) is 5. The van der Waals surface area contributed by atoms with Crippen LogP contribution in [0.5, 0.6) is 17.4 Å². The van der Waals surface area contributed by atoms with Crippen molar-refractivity contribution in [2.75, 3.05) is 6.79 Å². The van der Waals surface area contributed by atoms with Crippen molar-refractivity contribution in [3.8, 4) is 17.4 Å². The quantitative estimate of drug-likeness (QED) is 0.852. The van der Waals surface area contributed by atoms with E-state index >= 15 is 0 Å². The molecule has 1 aromatic heterocycles. The van der Waals surface area contributed by atoms with Gasteiger partial charge in [0.15, 0.2) is 16.7 Å². The lowest BCUT2D eigenvalue weighted by Crippen LogP contribution is -1.98. The molecule has 0 saturated carbocycles. The third-order valence-electron chi connectivity index (χ3n) is 2.41. The van der Waals surface area contributed by atoms with Crippen molar-refractivity contribution in [2.45, 2.75) is 6.61 Å². The normalized spacial score (nSPS) is 12.5. The third-order valence-corrected chi connectivity index (χ3v) is 2.59. The van der Waals surface area contributed by atoms with Crippen molar-refractivity contribution in [1.29, 1.82) is 0 Å². The second kappa shape index (κ2) is 4.70. The molecule has 0 atom stereocenters. The average molecular weight is 265 g/mol. The van der Waals surface area contributed by atoms with Crippen molar-refractivity contribution in [3.05, 3.63) is 41.3 Å². The van der Waals surface area contributed by atoms with E-state index in [9.17, 15) is 0 Å². The SMILES string of the molecule is Clc1cncc(OCc2ccc3c(c2)OCO3)n1. The Morgan fingerprint density at radius 2 is 2.11 bits per heavy atom. The Balaban J connectivity index is 1.70. The molecule has 2 heterocycles. The van der Waals surface area contributed by atoms with Crippen molar-refractivity contribution in [2.24, 2.45) is 0 Å². The van der Waals surface area contributed by atoms with Crippen LogP contribution < -0.4 is 14.2 Å². The van der Waals surface area contributed by atoms with Gasteiger partial charge in [-0.2, -0.15) is 4.98 Å². The second-order valence-electron chi connectivity index (χ2n) is 3.66. The number of fused-ring (bicyclic) bond motifs is 1. The monoisotopic (exact) mass is 264 g/mol. The molecule has 0 unspecified atom stereocenters. The Morgan fingerprint density at radius 3 is 3.00 bits per heavy atom. The van der Waals surface area contributed by atoms with Crippen LogP contribution >= 0.6 is 11.6 Å². The summed E-state index contributed by atoms with van der Waals surface area (Å²) in [6, 6.07) is 5.64. The van der Waals surface area contributed by atoms with Crippen molar-refractivity contribution >= 4 is 11.6 Å². The Kier molecular flexibility index (Phi) is 2.90. The van der Waals surface area contributed by atoms with Gasteiger partial charge >= 0.3 is 0 Å². The first-order valence-electron chi connectivity index (χ1n) is 5.30. The van der Waals surface area contributed by atoms with E-state index in [1.807, 2.05) is 18.2 Å². The van der Waals surface area contributed by atoms with E-state index in [2.05, 4.69) is 9.97 Å². The Bertz CT molecular complexity index is 577. The number of hydrogen-bond donors (Lipinski definition) is 0. The van der Waals surface area contributed by atoms with E-state index in [1.54, 1.807) is 0 Å². The molecular weight excluding hydrogens is 256 g/mol. The zero-order chi connectivity index (χ0) is 12.4. The molecule has 0 N–H and O–H groups in total. The maximum atomic E-state index is 5.71. The Hall–Kier alpha value is -2.01. The molecule has 0 bridgehead atoms. The van der Waals surface area contributed by atoms with E-state index in [0.29, 0.717) is 17.6 Å². The fourth-order valence-electron chi connectivity index (χ4n) is 1.58. The van der Waals surface area contributed by atoms with E-state index in [-0.39, 0.29) is 6.79 Å². The van der Waals surface area contributed by atoms with Crippen LogP contribution in [0.1, 0.15) is 5.56 Å². The second-order valence-corrected chi connectivity index (χ2v) is 4.04. The largest absolute Gasteiger partial charge is 0.472 e. The van der Waals surface area contributed by atoms with Crippen LogP contribution in [-0.2, 0) is 6.61 Å². The van der Waals surface area contributed by atoms with E-state index in [1.165, 1.54) is 12.4 Å². The fourth-order valence-corrected chi connectivity index (χ4v) is 1.72. The van der Waals surface area contributed by atoms with Gasteiger partial charge in [0.25, 0.3) is 0 Å². The van der Waals surface area contributed by atoms with Crippen LogP contribution in [0.3, 0.4) is 0 Å². The number of benzene rings is 1. The van der Waals surface area contributed by atoms with Gasteiger partial charge in [-0.15, -0.1) is 0 Å². The van der Waals surface area contributed by atoms with Gasteiger partial charge in [-0.3, -0.25) is 4.98 Å². The topological polar surface area (TPSA) is 53.5 Å². The van der Waals surface area contributed by atoms with Crippen molar-refractivity contribution in [3.63, 3.8) is 0 Å². The van der Waals surface area contributed by atoms with Crippen LogP contribution in [0.4, 0.5) is 0 Å². The molecule has 0 amide bonds. The third kappa shape index (κ3) is 2.31. The Morgan fingerprint density at radius 1 is 1.22 bits per heavy atom. The number of aromatic nitrogens is 2. The molecule has 1 aliphatic rings. The first-order valence-corrected chi connectivity index (χ1v) is 5.68. The summed E-state index contributed by atoms with van der Waals surface area (Å²) in [6.07, 6.45) is 2.97. The smallest absolute Gasteiger partial charge is 0.234 e. The summed E-state index contributed by atoms with van der Waals surface area (Å²) in [5.74, 6) is 1.87. The van der Waals surface area contributed by atoms with Crippen molar-refractivity contribution < 1.29 is 14.2 Å². The Labute approximate surface area is 108 Å². The van der Waals surface area contributed by atoms with Crippen LogP contribution in [0.2, 0.25) is 5.15 Å². The molecule has 5 nitrogen and oxygen atoms in total. The summed E-state index contributed by atoms with van der Waals surface area (Å²) in [7, 11) is 0. The number of ether oxygens (including phenoxy) is 3. The highest BCUT2D eigenvalue weighted by atomic mass is 35.5. The predicted molar refractivity (Wildman–Crippen MR) is 63.9 cm³/mol. The highest BCUT2D eigenvalue weighted by Gasteiger charge is 2.13. The molecule has 1 aliphatic heterocycles. The molecule has 1 aromatic carbocycles. The molecule has 3 rings (SSSR count). The number of halogens is 1. The lowest BCUT2D eigenvalue weighted by molar-refractivity contribution is 0.174. The van der Waals surface area contributed by atoms with Crippen LogP contribution in [0.25, 0.3) is 0 Å². The van der Waals surface area contributed by atoms with Gasteiger partial charge in [0.1, 0.15) is 6.61 Å². The lowest BCUT2D eigenvalue weighted by atomic mass is 10.2. The van der Waals surface area contributed by atoms with Crippen LogP contribution in [0.15, 0.2) is 30.6 Å². The van der Waals surface area contributed by atoms with E-state index in [4.69, 9.17) is 25.8 Å². The van der Waals surface area contributed by atoms with Gasteiger partial charge in [0.2, 0.25) is 12.7 Å². The maximum Gasteiger partial charge on any atom is 0.234 e. The maximum absolute atomic E-state index is 5.71. The summed E-state index contributed by atoms with van der Waals surface area (Å²) < 4.78 is 16.0. The standard InChI is InChI=1S/C12H9ClN2O3/c13-11-4-14-5-12(15-11)16-6-8-1-2-9-10(3-8)18-7-17-9/h1-5H,6-7H2. The van der Waals surface area contributed by atoms with Gasteiger partial charge in [0, 0.05) is 0 Å². The molecule has 0 fully saturated rings. The summed E-state index contributed by atoms with van der Waals surface area (Å²) in [4.78, 5) is 7.88. The molecule has 0 radical (unpaired) electrons. The van der Waals surface area contributed by atoms with Crippen molar-refractivity contribution in [1.82, 2.24) is 9.97 Å². The summed E-state index contributed by atoms with van der Waals surface area (Å²) in [5.41, 5.74) is 0.959. The lowest BCUT2D eigenvalue weighted by Gasteiger charge is -2.05. The van der Waals surface area contributed by atoms with Crippen LogP contribution in [-0.4, -0.2) is 16.8 Å². The minimum absolute atomic E-state index is 0.263. The molecule has 92 valence electrons. The minimum atomic E-state index is 0.263. The number of nitrogens with zero attached hydrogens (tertiary/aromatic N) is 2. The summed E-state index contributed by atoms with van der Waals surface area (Å²) in [5, 5.41) is 0.304. The zero-order valence-electron chi connectivity index (χ0n) is 9.30. The molecular formula is C12H9ClN2O3. The summed E-state index contributed by atoms with van der Waals surface area (Å²) >= 11 is 5.71. The first kappa shape index (κ1) is 11.1. The van der Waals surface area contributed by atoms with Gasteiger partial charge in [-0.05, 0) is 17.7 Å². The zero-order valence-corrected chi connectivity index (χ0v) is 10.1. The predicted octanol–water partition coefficient (Wildman–Crippen LogP) is 2.44. The van der Waals surface area contributed by atoms with E-state index in [0.717, 1.165) is 17.1 Å². The minimum Gasteiger partial charge on any atom is -0.472 e.